The van der Waals surface area contributed by atoms with E-state index in [4.69, 9.17) is 5.11 Å². The lowest BCUT2D eigenvalue weighted by molar-refractivity contribution is -0.132. The average Bonchev–Trinajstić information content (AvgIpc) is 2.40. The first-order valence-electron chi connectivity index (χ1n) is 6.85. The van der Waals surface area contributed by atoms with Crippen molar-refractivity contribution in [1.82, 2.24) is 9.80 Å². The topological polar surface area (TPSA) is 43.8 Å². The minimum Gasteiger partial charge on any atom is -0.395 e. The van der Waals surface area contributed by atoms with E-state index in [-0.39, 0.29) is 12.5 Å². The molecule has 1 fully saturated rings. The fourth-order valence-corrected chi connectivity index (χ4v) is 2.47. The zero-order chi connectivity index (χ0) is 13.7. The predicted molar refractivity (Wildman–Crippen MR) is 75.0 cm³/mol. The van der Waals surface area contributed by atoms with E-state index in [2.05, 4.69) is 11.0 Å². The molecule has 1 heterocycles. The molecule has 19 heavy (non-hydrogen) atoms. The van der Waals surface area contributed by atoms with Crippen LogP contribution in [0.3, 0.4) is 0 Å². The van der Waals surface area contributed by atoms with Crippen LogP contribution in [0.2, 0.25) is 0 Å². The number of aliphatic hydroxyl groups is 1. The highest BCUT2D eigenvalue weighted by Crippen LogP contribution is 2.08. The van der Waals surface area contributed by atoms with E-state index in [1.165, 1.54) is 5.56 Å². The normalized spacial score (nSPS) is 16.6. The monoisotopic (exact) mass is 262 g/mol. The van der Waals surface area contributed by atoms with Crippen LogP contribution in [0.25, 0.3) is 0 Å². The van der Waals surface area contributed by atoms with E-state index in [0.717, 1.165) is 31.7 Å². The van der Waals surface area contributed by atoms with Gasteiger partial charge in [-0.2, -0.15) is 0 Å². The Kier molecular flexibility index (Phi) is 4.93. The van der Waals surface area contributed by atoms with Crippen LogP contribution in [-0.4, -0.2) is 60.1 Å². The SMILES string of the molecule is Cc1cccc(CC(=O)N2CCN(CCO)CC2)c1. The van der Waals surface area contributed by atoms with Crippen molar-refractivity contribution in [1.29, 1.82) is 0 Å². The lowest BCUT2D eigenvalue weighted by Crippen LogP contribution is -2.49. The molecule has 0 saturated carbocycles. The first kappa shape index (κ1) is 14.0. The van der Waals surface area contributed by atoms with Gasteiger partial charge in [-0.25, -0.2) is 0 Å². The van der Waals surface area contributed by atoms with Gasteiger partial charge < -0.3 is 10.0 Å². The summed E-state index contributed by atoms with van der Waals surface area (Å²) in [6.07, 6.45) is 0.488. The lowest BCUT2D eigenvalue weighted by Gasteiger charge is -2.34. The second-order valence-corrected chi connectivity index (χ2v) is 5.11. The van der Waals surface area contributed by atoms with Crippen molar-refractivity contribution in [3.8, 4) is 0 Å². The summed E-state index contributed by atoms with van der Waals surface area (Å²) in [5, 5.41) is 8.89. The first-order valence-corrected chi connectivity index (χ1v) is 6.85. The second kappa shape index (κ2) is 6.68. The third-order valence-corrected chi connectivity index (χ3v) is 3.58. The number of hydrogen-bond donors (Lipinski definition) is 1. The molecule has 1 N–H and O–H groups in total. The molecule has 1 aromatic carbocycles. The molecule has 0 bridgehead atoms. The Morgan fingerprint density at radius 2 is 2.00 bits per heavy atom. The number of amides is 1. The smallest absolute Gasteiger partial charge is 0.227 e. The predicted octanol–water partition coefficient (Wildman–Crippen LogP) is 0.674. The number of aryl methyl sites for hydroxylation is 1. The lowest BCUT2D eigenvalue weighted by atomic mass is 10.1. The van der Waals surface area contributed by atoms with Gasteiger partial charge in [0.25, 0.3) is 0 Å². The molecule has 1 aliphatic heterocycles. The van der Waals surface area contributed by atoms with Gasteiger partial charge in [-0.15, -0.1) is 0 Å². The number of carbonyl (C=O) groups is 1. The number of rotatable bonds is 4. The van der Waals surface area contributed by atoms with Gasteiger partial charge in [-0.05, 0) is 12.5 Å². The summed E-state index contributed by atoms with van der Waals surface area (Å²) in [4.78, 5) is 16.3. The number of piperazine rings is 1. The molecule has 0 unspecified atom stereocenters. The maximum absolute atomic E-state index is 12.2. The number of hydrogen-bond acceptors (Lipinski definition) is 3. The maximum atomic E-state index is 12.2. The van der Waals surface area contributed by atoms with Gasteiger partial charge in [0.05, 0.1) is 13.0 Å². The van der Waals surface area contributed by atoms with E-state index in [1.807, 2.05) is 30.0 Å². The van der Waals surface area contributed by atoms with Crippen molar-refractivity contribution in [2.24, 2.45) is 0 Å². The van der Waals surface area contributed by atoms with Crippen LogP contribution < -0.4 is 0 Å². The molecule has 0 atom stereocenters. The van der Waals surface area contributed by atoms with Crippen LogP contribution in [0.4, 0.5) is 0 Å². The Bertz CT molecular complexity index is 426. The van der Waals surface area contributed by atoms with Crippen molar-refractivity contribution in [2.45, 2.75) is 13.3 Å². The van der Waals surface area contributed by atoms with Crippen molar-refractivity contribution in [2.75, 3.05) is 39.3 Å². The van der Waals surface area contributed by atoms with E-state index < -0.39 is 0 Å². The summed E-state index contributed by atoms with van der Waals surface area (Å²) in [6, 6.07) is 8.12. The highest BCUT2D eigenvalue weighted by molar-refractivity contribution is 5.78. The molecular weight excluding hydrogens is 240 g/mol. The second-order valence-electron chi connectivity index (χ2n) is 5.11. The number of nitrogens with zero attached hydrogens (tertiary/aromatic N) is 2. The third-order valence-electron chi connectivity index (χ3n) is 3.58. The molecule has 0 spiro atoms. The highest BCUT2D eigenvalue weighted by Gasteiger charge is 2.20. The Morgan fingerprint density at radius 1 is 1.26 bits per heavy atom. The first-order chi connectivity index (χ1) is 9.19. The highest BCUT2D eigenvalue weighted by atomic mass is 16.3. The molecule has 1 aliphatic rings. The minimum atomic E-state index is 0.192. The van der Waals surface area contributed by atoms with Gasteiger partial charge in [0.1, 0.15) is 0 Å². The molecule has 1 saturated heterocycles. The van der Waals surface area contributed by atoms with Crippen LogP contribution in [-0.2, 0) is 11.2 Å². The van der Waals surface area contributed by atoms with Crippen molar-refractivity contribution >= 4 is 5.91 Å². The summed E-state index contributed by atoms with van der Waals surface area (Å²) in [6.45, 7) is 6.20. The number of aliphatic hydroxyl groups excluding tert-OH is 1. The van der Waals surface area contributed by atoms with Crippen LogP contribution in [0.1, 0.15) is 11.1 Å². The summed E-state index contributed by atoms with van der Waals surface area (Å²) in [5.41, 5.74) is 2.28. The molecule has 0 aliphatic carbocycles. The van der Waals surface area contributed by atoms with E-state index in [0.29, 0.717) is 13.0 Å². The summed E-state index contributed by atoms with van der Waals surface area (Å²) < 4.78 is 0. The number of carbonyl (C=O) groups excluding carboxylic acids is 1. The van der Waals surface area contributed by atoms with Crippen LogP contribution in [0.5, 0.6) is 0 Å². The van der Waals surface area contributed by atoms with Gasteiger partial charge in [0, 0.05) is 32.7 Å². The van der Waals surface area contributed by atoms with Gasteiger partial charge in [-0.3, -0.25) is 9.69 Å². The molecule has 4 nitrogen and oxygen atoms in total. The average molecular weight is 262 g/mol. The van der Waals surface area contributed by atoms with Crippen LogP contribution >= 0.6 is 0 Å². The Balaban J connectivity index is 1.84. The summed E-state index contributed by atoms with van der Waals surface area (Å²) in [7, 11) is 0. The molecule has 0 aromatic heterocycles. The third kappa shape index (κ3) is 4.04. The Hall–Kier alpha value is -1.39. The van der Waals surface area contributed by atoms with Crippen molar-refractivity contribution < 1.29 is 9.90 Å². The number of benzene rings is 1. The van der Waals surface area contributed by atoms with E-state index in [1.54, 1.807) is 0 Å². The largest absolute Gasteiger partial charge is 0.395 e. The molecule has 0 radical (unpaired) electrons. The fourth-order valence-electron chi connectivity index (χ4n) is 2.47. The summed E-state index contributed by atoms with van der Waals surface area (Å²) >= 11 is 0. The quantitative estimate of drug-likeness (QED) is 0.867. The molecule has 1 aromatic rings. The fraction of sp³-hybridized carbons (Fsp3) is 0.533. The van der Waals surface area contributed by atoms with Crippen LogP contribution in [0.15, 0.2) is 24.3 Å². The van der Waals surface area contributed by atoms with Gasteiger partial charge in [0.15, 0.2) is 0 Å². The molecule has 1 amide bonds. The molecule has 2 rings (SSSR count). The van der Waals surface area contributed by atoms with Crippen molar-refractivity contribution in [3.63, 3.8) is 0 Å². The van der Waals surface area contributed by atoms with E-state index >= 15 is 0 Å². The summed E-state index contributed by atoms with van der Waals surface area (Å²) in [5.74, 6) is 0.203. The standard InChI is InChI=1S/C15H22N2O2/c1-13-3-2-4-14(11-13)12-15(19)17-7-5-16(6-8-17)9-10-18/h2-4,11,18H,5-10,12H2,1H3. The Labute approximate surface area is 114 Å². The molecular formula is C15H22N2O2. The minimum absolute atomic E-state index is 0.192. The molecule has 104 valence electrons. The van der Waals surface area contributed by atoms with Gasteiger partial charge >= 0.3 is 0 Å². The zero-order valence-electron chi connectivity index (χ0n) is 11.5. The van der Waals surface area contributed by atoms with Crippen LogP contribution in [0, 0.1) is 6.92 Å². The Morgan fingerprint density at radius 3 is 2.63 bits per heavy atom. The zero-order valence-corrected chi connectivity index (χ0v) is 11.5. The molecule has 4 heteroatoms. The maximum Gasteiger partial charge on any atom is 0.227 e. The van der Waals surface area contributed by atoms with Gasteiger partial charge in [0.2, 0.25) is 5.91 Å². The van der Waals surface area contributed by atoms with E-state index in [9.17, 15) is 4.79 Å². The number of β-amino-alcohol motifs (C(OH)–C–C–N with tert-alkyl or cyclic N) is 1. The van der Waals surface area contributed by atoms with Gasteiger partial charge in [-0.1, -0.05) is 29.8 Å². The van der Waals surface area contributed by atoms with Crippen molar-refractivity contribution in [3.05, 3.63) is 35.4 Å².